The molecule has 31 heteroatoms. The molecule has 0 aliphatic carbocycles. The van der Waals surface area contributed by atoms with Crippen LogP contribution in [-0.2, 0) is 9.47 Å². The average molecular weight is 1570 g/mol. The molecule has 5 aromatic rings. The maximum atomic E-state index is 10.6. The molecule has 0 radical (unpaired) electrons. The number of nitrogens with zero attached hydrogens (tertiary/aromatic N) is 9. The number of benzene rings is 4. The zero-order valence-electron chi connectivity index (χ0n) is 36.6. The maximum Gasteiger partial charge on any atom is 0.410 e. The van der Waals surface area contributed by atoms with Crippen molar-refractivity contribution in [2.24, 2.45) is 5.73 Å². The maximum absolute atomic E-state index is 10.6. The number of halogens is 5. The summed E-state index contributed by atoms with van der Waals surface area (Å²) in [6, 6.07) is 23.0. The molecule has 0 spiro atoms. The number of nitrogens with two attached hydrogens (primary N) is 1. The Morgan fingerprint density at radius 2 is 1.09 bits per heavy atom. The van der Waals surface area contributed by atoms with Gasteiger partial charge in [-0.3, -0.25) is 55.6 Å². The van der Waals surface area contributed by atoms with Gasteiger partial charge < -0.3 is 25.0 Å². The van der Waals surface area contributed by atoms with Gasteiger partial charge in [-0.05, 0) is 150 Å². The second-order valence-electron chi connectivity index (χ2n) is 12.8. The third kappa shape index (κ3) is 27.4. The first-order valence-corrected chi connectivity index (χ1v) is 24.1. The number of non-ortho nitro benzene ring substituents is 3. The number of nitro groups is 5. The van der Waals surface area contributed by atoms with Crippen molar-refractivity contribution in [1.29, 1.82) is 0 Å². The molecule has 2 aliphatic heterocycles. The molecule has 3 heterocycles. The highest BCUT2D eigenvalue weighted by molar-refractivity contribution is 14.1. The van der Waals surface area contributed by atoms with Crippen molar-refractivity contribution in [3.63, 3.8) is 0 Å². The Labute approximate surface area is 482 Å². The summed E-state index contributed by atoms with van der Waals surface area (Å²) in [6.45, 7) is 3.79. The topological polar surface area (TPSA) is 327 Å². The minimum Gasteiger partial charge on any atom is -0.444 e. The van der Waals surface area contributed by atoms with Crippen LogP contribution in [0, 0.1) is 68.6 Å². The first kappa shape index (κ1) is 67.9. The molecular weight excluding hydrogens is 1530 g/mol. The Hall–Kier alpha value is -4.19. The van der Waals surface area contributed by atoms with Crippen LogP contribution < -0.4 is 5.73 Å². The number of aromatic nitrogens is 2. The smallest absolute Gasteiger partial charge is 0.410 e. The molecular formula is C39H43I5N10O14S2. The Bertz CT molecular complexity index is 2450. The van der Waals surface area contributed by atoms with Crippen LogP contribution in [0.4, 0.5) is 38.0 Å². The molecule has 0 saturated carbocycles. The van der Waals surface area contributed by atoms with E-state index in [2.05, 4.69) is 55.1 Å². The highest BCUT2D eigenvalue weighted by atomic mass is 127. The lowest BCUT2D eigenvalue weighted by atomic mass is 10.3. The van der Waals surface area contributed by atoms with Crippen LogP contribution in [-0.4, -0.2) is 103 Å². The fourth-order valence-electron chi connectivity index (χ4n) is 4.42. The van der Waals surface area contributed by atoms with Gasteiger partial charge in [0.15, 0.2) is 0 Å². The van der Waals surface area contributed by atoms with E-state index in [4.69, 9.17) is 15.2 Å². The Morgan fingerprint density at radius 3 is 1.41 bits per heavy atom. The lowest BCUT2D eigenvalue weighted by Gasteiger charge is -2.01. The number of para-hydroxylation sites is 1. The number of cyclic esters (lactones) is 2. The predicted molar refractivity (Wildman–Crippen MR) is 311 cm³/mol. The van der Waals surface area contributed by atoms with Gasteiger partial charge in [-0.2, -0.15) is 27.0 Å². The van der Waals surface area contributed by atoms with E-state index in [9.17, 15) is 60.2 Å². The molecule has 2 aliphatic rings. The van der Waals surface area contributed by atoms with E-state index in [1.165, 1.54) is 47.4 Å². The second-order valence-corrected chi connectivity index (χ2v) is 18.7. The molecule has 0 unspecified atom stereocenters. The normalized spacial score (nSPS) is 13.5. The number of rotatable bonds is 7. The number of ether oxygens (including phenoxy) is 2. The van der Waals surface area contributed by atoms with Crippen molar-refractivity contribution < 1.29 is 43.7 Å². The number of hydrogen-bond acceptors (Lipinski definition) is 17. The fourth-order valence-corrected chi connectivity index (χ4v) is 6.75. The van der Waals surface area contributed by atoms with Gasteiger partial charge in [-0.15, -0.1) is 0 Å². The van der Waals surface area contributed by atoms with Crippen LogP contribution in [0.2, 0.25) is 0 Å². The standard InChI is InChI=1S/C6H3IN2O4.3C6H4INO2.C6H11NO2.C5H10N2O2.C4H3IN2.2H2S/c7-5-2-1-4(8(10)11)3-6(5)9(12)13;7-5-1-3-6(4-2-5)8(9)10;7-5-2-1-3-6(4-5)8(9)10;7-5-3-1-2-4-6(5)8(9)10;1-3-5-4-7(2)6(8)9-5;1-7-3-4(2-6)9-5(7)8;5-4-3-6-1-2-7-4;;/h1-3H;3*1-4H;5H,3-4H2,1-2H3;4H,2-3,6H2,1H3;1-3H;2*1H2/t;;;;5-;4-;;;/m....00.../s1. The molecule has 2 N–H and O–H groups in total. The van der Waals surface area contributed by atoms with Crippen molar-refractivity contribution >= 4 is 181 Å². The van der Waals surface area contributed by atoms with Gasteiger partial charge >= 0.3 is 12.2 Å². The minimum atomic E-state index is -0.664. The third-order valence-corrected chi connectivity index (χ3v) is 11.6. The first-order valence-electron chi connectivity index (χ1n) is 18.7. The molecule has 380 valence electrons. The van der Waals surface area contributed by atoms with Gasteiger partial charge in [0, 0.05) is 76.6 Å². The van der Waals surface area contributed by atoms with Crippen LogP contribution in [0.3, 0.4) is 0 Å². The van der Waals surface area contributed by atoms with Gasteiger partial charge in [0.05, 0.1) is 57.1 Å². The van der Waals surface area contributed by atoms with Crippen molar-refractivity contribution in [2.75, 3.05) is 33.7 Å². The van der Waals surface area contributed by atoms with Gasteiger partial charge in [0.2, 0.25) is 0 Å². The summed E-state index contributed by atoms with van der Waals surface area (Å²) in [5.74, 6) is 0. The van der Waals surface area contributed by atoms with Gasteiger partial charge in [0.25, 0.3) is 28.4 Å². The number of carbonyl (C=O) groups is 2. The Balaban J connectivity index is 0. The highest BCUT2D eigenvalue weighted by Crippen LogP contribution is 2.25. The lowest BCUT2D eigenvalue weighted by Crippen LogP contribution is -2.24. The zero-order chi connectivity index (χ0) is 51.5. The van der Waals surface area contributed by atoms with E-state index < -0.39 is 19.7 Å². The monoisotopic (exact) mass is 1570 g/mol. The van der Waals surface area contributed by atoms with E-state index in [0.717, 1.165) is 29.9 Å². The molecule has 4 aromatic carbocycles. The zero-order valence-corrected chi connectivity index (χ0v) is 49.4. The summed E-state index contributed by atoms with van der Waals surface area (Å²) < 4.78 is 13.6. The van der Waals surface area contributed by atoms with Gasteiger partial charge in [0.1, 0.15) is 15.9 Å². The van der Waals surface area contributed by atoms with Crippen molar-refractivity contribution in [3.8, 4) is 0 Å². The highest BCUT2D eigenvalue weighted by Gasteiger charge is 2.27. The SMILES string of the molecule is CC[C@H]1CN(C)C(=O)O1.CN1C[C@H](CN)OC1=O.Ic1cnccn1.O=[N+]([O-])c1ccc(I)c([N+](=O)[O-])c1.O=[N+]([O-])c1ccc(I)cc1.O=[N+]([O-])c1cccc(I)c1.O=[N+]([O-])c1ccccc1I.S.S. The van der Waals surface area contributed by atoms with Crippen molar-refractivity contribution in [1.82, 2.24) is 19.8 Å². The van der Waals surface area contributed by atoms with Crippen molar-refractivity contribution in [2.45, 2.75) is 25.6 Å². The molecule has 2 amide bonds. The van der Waals surface area contributed by atoms with Crippen LogP contribution >= 0.6 is 140 Å². The number of amides is 2. The van der Waals surface area contributed by atoms with Crippen LogP contribution in [0.15, 0.2) is 110 Å². The number of likely N-dealkylation sites (N-methyl/N-ethyl adjacent to an activating group) is 2. The average Bonchev–Trinajstić information content (AvgIpc) is 3.82. The third-order valence-electron chi connectivity index (χ3n) is 7.81. The summed E-state index contributed by atoms with van der Waals surface area (Å²) >= 11 is 9.92. The molecule has 2 saturated heterocycles. The molecule has 2 atom stereocenters. The van der Waals surface area contributed by atoms with E-state index in [1.54, 1.807) is 96.6 Å². The largest absolute Gasteiger partial charge is 0.444 e. The van der Waals surface area contributed by atoms with Crippen LogP contribution in [0.5, 0.6) is 0 Å². The minimum absolute atomic E-state index is 0. The Morgan fingerprint density at radius 1 is 0.600 bits per heavy atom. The quantitative estimate of drug-likeness (QED) is 0.0899. The van der Waals surface area contributed by atoms with Crippen molar-refractivity contribution in [3.05, 3.63) is 178 Å². The number of carbonyl (C=O) groups excluding carboxylic acids is 2. The molecule has 70 heavy (non-hydrogen) atoms. The van der Waals surface area contributed by atoms with E-state index in [-0.39, 0.29) is 84.7 Å². The predicted octanol–water partition coefficient (Wildman–Crippen LogP) is 10.3. The molecule has 24 nitrogen and oxygen atoms in total. The van der Waals surface area contributed by atoms with E-state index in [1.807, 2.05) is 58.2 Å². The molecule has 7 rings (SSSR count). The first-order chi connectivity index (χ1) is 32.0. The molecule has 1 aromatic heterocycles. The Kier molecular flexibility index (Phi) is 35.6. The van der Waals surface area contributed by atoms with E-state index >= 15 is 0 Å². The summed E-state index contributed by atoms with van der Waals surface area (Å²) in [5.41, 5.74) is 5.20. The van der Waals surface area contributed by atoms with Gasteiger partial charge in [-0.1, -0.05) is 25.1 Å². The summed E-state index contributed by atoms with van der Waals surface area (Å²) in [6.07, 6.45) is 5.51. The number of nitro benzene ring substituents is 5. The van der Waals surface area contributed by atoms with Crippen LogP contribution in [0.1, 0.15) is 13.3 Å². The van der Waals surface area contributed by atoms with Crippen LogP contribution in [0.25, 0.3) is 0 Å². The number of hydrogen-bond donors (Lipinski definition) is 1. The summed E-state index contributed by atoms with van der Waals surface area (Å²) in [5, 5.41) is 51.1. The fraction of sp³-hybridized carbons (Fsp3) is 0.231. The molecule has 2 fully saturated rings. The summed E-state index contributed by atoms with van der Waals surface area (Å²) in [7, 11) is 3.44. The van der Waals surface area contributed by atoms with Gasteiger partial charge in [-0.25, -0.2) is 14.6 Å². The summed E-state index contributed by atoms with van der Waals surface area (Å²) in [4.78, 5) is 80.7. The molecule has 0 bridgehead atoms. The lowest BCUT2D eigenvalue weighted by molar-refractivity contribution is -0.394. The second kappa shape index (κ2) is 36.7. The van der Waals surface area contributed by atoms with E-state index in [0.29, 0.717) is 20.2 Å².